The molecule has 7 heteroatoms. The lowest BCUT2D eigenvalue weighted by Gasteiger charge is -2.29. The topological polar surface area (TPSA) is 80.0 Å². The van der Waals surface area contributed by atoms with Gasteiger partial charge in [-0.25, -0.2) is 4.39 Å². The van der Waals surface area contributed by atoms with Gasteiger partial charge in [0, 0.05) is 18.8 Å². The smallest absolute Gasteiger partial charge is 0.253 e. The first kappa shape index (κ1) is 22.0. The van der Waals surface area contributed by atoms with Crippen LogP contribution in [0.15, 0.2) is 48.2 Å². The van der Waals surface area contributed by atoms with Crippen LogP contribution in [0.4, 0.5) is 4.39 Å². The van der Waals surface area contributed by atoms with Crippen molar-refractivity contribution in [3.63, 3.8) is 0 Å². The number of carbonyl (C=O) groups excluding carboxylic acids is 1. The predicted molar refractivity (Wildman–Crippen MR) is 111 cm³/mol. The van der Waals surface area contributed by atoms with Gasteiger partial charge in [0.15, 0.2) is 0 Å². The van der Waals surface area contributed by atoms with Gasteiger partial charge >= 0.3 is 0 Å². The molecule has 1 aliphatic carbocycles. The van der Waals surface area contributed by atoms with Crippen molar-refractivity contribution in [3.8, 4) is 0 Å². The fraction of sp³-hybridized carbons (Fsp3) is 0.429. The number of nitrogens with two attached hydrogens (primary N) is 1. The van der Waals surface area contributed by atoms with Gasteiger partial charge in [-0.1, -0.05) is 18.2 Å². The van der Waals surface area contributed by atoms with E-state index < -0.39 is 0 Å². The normalized spacial score (nSPS) is 20.9. The lowest BCUT2D eigenvalue weighted by atomic mass is 9.86. The van der Waals surface area contributed by atoms with Gasteiger partial charge in [-0.2, -0.15) is 0 Å². The van der Waals surface area contributed by atoms with Crippen molar-refractivity contribution in [3.05, 3.63) is 64.5 Å². The highest BCUT2D eigenvalue weighted by molar-refractivity contribution is 6.30. The zero-order valence-corrected chi connectivity index (χ0v) is 17.2. The minimum Gasteiger partial charge on any atom is -0.386 e. The van der Waals surface area contributed by atoms with Crippen LogP contribution in [0.25, 0.3) is 0 Å². The molecule has 0 aliphatic heterocycles. The summed E-state index contributed by atoms with van der Waals surface area (Å²) >= 11 is 5.95. The van der Waals surface area contributed by atoms with E-state index in [9.17, 15) is 9.18 Å². The van der Waals surface area contributed by atoms with E-state index in [-0.39, 0.29) is 17.8 Å². The Hall–Kier alpha value is -2.34. The van der Waals surface area contributed by atoms with Crippen LogP contribution in [-0.4, -0.2) is 23.5 Å². The summed E-state index contributed by atoms with van der Waals surface area (Å²) in [7, 11) is 0. The molecule has 1 aliphatic rings. The zero-order chi connectivity index (χ0) is 20.7. The molecule has 0 saturated heterocycles. The highest BCUT2D eigenvalue weighted by atomic mass is 35.5. The number of nitrogens with one attached hydrogen (secondary N) is 2. The van der Waals surface area contributed by atoms with Gasteiger partial charge in [-0.05, 0) is 69.2 Å². The summed E-state index contributed by atoms with van der Waals surface area (Å²) in [4.78, 5) is 16.6. The molecule has 0 radical (unpaired) electrons. The van der Waals surface area contributed by atoms with Crippen molar-refractivity contribution in [2.24, 2.45) is 11.7 Å². The maximum Gasteiger partial charge on any atom is 0.253 e. The Labute approximate surface area is 170 Å². The molecule has 1 fully saturated rings. The summed E-state index contributed by atoms with van der Waals surface area (Å²) in [5.41, 5.74) is 7.54. The Morgan fingerprint density at radius 1 is 1.43 bits per heavy atom. The van der Waals surface area contributed by atoms with Crippen LogP contribution in [-0.2, 0) is 0 Å². The van der Waals surface area contributed by atoms with Gasteiger partial charge in [0.1, 0.15) is 5.83 Å². The molecule has 1 aromatic rings. The second kappa shape index (κ2) is 10.3. The number of pyridine rings is 1. The van der Waals surface area contributed by atoms with Crippen molar-refractivity contribution >= 4 is 17.5 Å². The van der Waals surface area contributed by atoms with E-state index >= 15 is 0 Å². The van der Waals surface area contributed by atoms with Gasteiger partial charge in [0.2, 0.25) is 0 Å². The molecule has 1 amide bonds. The molecule has 152 valence electrons. The van der Waals surface area contributed by atoms with Gasteiger partial charge < -0.3 is 16.4 Å². The number of halogens is 2. The van der Waals surface area contributed by atoms with Crippen LogP contribution >= 0.6 is 11.6 Å². The maximum atomic E-state index is 13.4. The molecule has 1 heterocycles. The Morgan fingerprint density at radius 3 is 2.75 bits per heavy atom. The first-order valence-corrected chi connectivity index (χ1v) is 9.80. The van der Waals surface area contributed by atoms with Gasteiger partial charge in [0.05, 0.1) is 22.1 Å². The lowest BCUT2D eigenvalue weighted by Crippen LogP contribution is -2.39. The number of aromatic nitrogens is 1. The van der Waals surface area contributed by atoms with Crippen molar-refractivity contribution in [2.45, 2.75) is 45.6 Å². The molecule has 5 nitrogen and oxygen atoms in total. The van der Waals surface area contributed by atoms with Crippen molar-refractivity contribution in [1.29, 1.82) is 0 Å². The van der Waals surface area contributed by atoms with Crippen LogP contribution in [0.1, 0.15) is 48.7 Å². The van der Waals surface area contributed by atoms with E-state index in [2.05, 4.69) is 22.2 Å². The molecule has 0 aromatic carbocycles. The van der Waals surface area contributed by atoms with Crippen molar-refractivity contribution in [2.75, 3.05) is 6.54 Å². The Bertz CT molecular complexity index is 783. The van der Waals surface area contributed by atoms with Gasteiger partial charge in [0.25, 0.3) is 5.91 Å². The molecule has 28 heavy (non-hydrogen) atoms. The molecule has 0 atom stereocenters. The van der Waals surface area contributed by atoms with Crippen LogP contribution in [0.3, 0.4) is 0 Å². The number of nitrogens with zero attached hydrogens (tertiary/aromatic N) is 1. The van der Waals surface area contributed by atoms with E-state index in [0.717, 1.165) is 38.3 Å². The number of amides is 1. The van der Waals surface area contributed by atoms with Crippen molar-refractivity contribution < 1.29 is 9.18 Å². The summed E-state index contributed by atoms with van der Waals surface area (Å²) in [6, 6.07) is 1.79. The summed E-state index contributed by atoms with van der Waals surface area (Å²) in [5.74, 6) is 0.385. The summed E-state index contributed by atoms with van der Waals surface area (Å²) in [6.07, 6.45) is 8.04. The molecular weight excluding hydrogens is 379 g/mol. The van der Waals surface area contributed by atoms with E-state index in [1.54, 1.807) is 26.0 Å². The number of hydrogen-bond donors (Lipinski definition) is 3. The van der Waals surface area contributed by atoms with Crippen LogP contribution in [0.5, 0.6) is 0 Å². The number of aryl methyl sites for hydroxylation is 1. The SMILES string of the molecule is C=C/C(F)=C(C)\C=C(/N)NCC1CCC(NC(=O)c2cc(Cl)cnc2C)CC1. The molecule has 1 aromatic heterocycles. The number of carbonyl (C=O) groups is 1. The molecule has 1 saturated carbocycles. The summed E-state index contributed by atoms with van der Waals surface area (Å²) in [6.45, 7) is 7.57. The van der Waals surface area contributed by atoms with Crippen LogP contribution < -0.4 is 16.4 Å². The van der Waals surface area contributed by atoms with E-state index in [1.165, 1.54) is 6.20 Å². The van der Waals surface area contributed by atoms with Crippen LogP contribution in [0, 0.1) is 12.8 Å². The number of rotatable bonds is 7. The third-order valence-corrected chi connectivity index (χ3v) is 5.21. The Balaban J connectivity index is 1.80. The fourth-order valence-corrected chi connectivity index (χ4v) is 3.45. The quantitative estimate of drug-likeness (QED) is 0.594. The lowest BCUT2D eigenvalue weighted by molar-refractivity contribution is 0.0921. The molecule has 0 spiro atoms. The van der Waals surface area contributed by atoms with Crippen LogP contribution in [0.2, 0.25) is 5.02 Å². The minimum atomic E-state index is -0.383. The average molecular weight is 407 g/mol. The van der Waals surface area contributed by atoms with Gasteiger partial charge in [-0.3, -0.25) is 9.78 Å². The highest BCUT2D eigenvalue weighted by Crippen LogP contribution is 2.24. The number of hydrogen-bond acceptors (Lipinski definition) is 4. The zero-order valence-electron chi connectivity index (χ0n) is 16.4. The standard InChI is InChI=1S/C21H28ClFN4O/c1-4-19(23)13(2)9-20(24)26-11-15-5-7-17(8-6-15)27-21(28)18-10-16(22)12-25-14(18)3/h4,9-10,12,15,17,26H,1,5-8,11,24H2,2-3H3,(H,27,28)/b19-13+,20-9+. The van der Waals surface area contributed by atoms with Gasteiger partial charge in [-0.15, -0.1) is 0 Å². The van der Waals surface area contributed by atoms with Crippen molar-refractivity contribution in [1.82, 2.24) is 15.6 Å². The summed E-state index contributed by atoms with van der Waals surface area (Å²) < 4.78 is 13.4. The third kappa shape index (κ3) is 6.37. The fourth-order valence-electron chi connectivity index (χ4n) is 3.29. The monoisotopic (exact) mass is 406 g/mol. The molecule has 4 N–H and O–H groups in total. The number of allylic oxidation sites excluding steroid dienone is 4. The molecule has 0 unspecified atom stereocenters. The average Bonchev–Trinajstić information content (AvgIpc) is 2.68. The molecule has 2 rings (SSSR count). The summed E-state index contributed by atoms with van der Waals surface area (Å²) in [5, 5.41) is 6.69. The second-order valence-corrected chi connectivity index (χ2v) is 7.63. The minimum absolute atomic E-state index is 0.132. The second-order valence-electron chi connectivity index (χ2n) is 7.19. The molecule has 0 bridgehead atoms. The highest BCUT2D eigenvalue weighted by Gasteiger charge is 2.23. The Kier molecular flexibility index (Phi) is 8.05. The Morgan fingerprint density at radius 2 is 2.11 bits per heavy atom. The first-order chi connectivity index (χ1) is 13.3. The van der Waals surface area contributed by atoms with E-state index in [1.807, 2.05) is 0 Å². The first-order valence-electron chi connectivity index (χ1n) is 9.43. The largest absolute Gasteiger partial charge is 0.386 e. The van der Waals surface area contributed by atoms with E-state index in [0.29, 0.717) is 33.6 Å². The van der Waals surface area contributed by atoms with E-state index in [4.69, 9.17) is 17.3 Å². The predicted octanol–water partition coefficient (Wildman–Crippen LogP) is 4.15. The molecular formula is C21H28ClFN4O. The maximum absolute atomic E-state index is 13.4. The third-order valence-electron chi connectivity index (χ3n) is 5.00.